The minimum atomic E-state index is -0.798. The van der Waals surface area contributed by atoms with Crippen LogP contribution in [0.5, 0.6) is 0 Å². The van der Waals surface area contributed by atoms with E-state index in [4.69, 9.17) is 4.74 Å². The Bertz CT molecular complexity index is 485. The SMILES string of the molecule is COC1CCN(C(C)C(=O)c2ccc(F)cc2F)CC1. The summed E-state index contributed by atoms with van der Waals surface area (Å²) in [5.41, 5.74) is -0.0484. The van der Waals surface area contributed by atoms with Gasteiger partial charge in [-0.25, -0.2) is 8.78 Å². The van der Waals surface area contributed by atoms with E-state index in [0.29, 0.717) is 0 Å². The molecule has 5 heteroatoms. The van der Waals surface area contributed by atoms with Gasteiger partial charge in [0.2, 0.25) is 0 Å². The Hall–Kier alpha value is -1.33. The molecule has 20 heavy (non-hydrogen) atoms. The van der Waals surface area contributed by atoms with E-state index in [9.17, 15) is 13.6 Å². The molecule has 3 nitrogen and oxygen atoms in total. The van der Waals surface area contributed by atoms with Crippen LogP contribution < -0.4 is 0 Å². The van der Waals surface area contributed by atoms with Crippen molar-refractivity contribution in [2.75, 3.05) is 20.2 Å². The third-order valence-electron chi connectivity index (χ3n) is 3.93. The minimum absolute atomic E-state index is 0.0484. The second kappa shape index (κ2) is 6.41. The van der Waals surface area contributed by atoms with Gasteiger partial charge in [-0.3, -0.25) is 9.69 Å². The molecule has 1 atom stereocenters. The summed E-state index contributed by atoms with van der Waals surface area (Å²) >= 11 is 0. The van der Waals surface area contributed by atoms with Crippen LogP contribution in [0.3, 0.4) is 0 Å². The summed E-state index contributed by atoms with van der Waals surface area (Å²) in [6, 6.07) is 2.66. The molecular formula is C15H19F2NO2. The Labute approximate surface area is 117 Å². The topological polar surface area (TPSA) is 29.5 Å². The predicted octanol–water partition coefficient (Wildman–Crippen LogP) is 2.65. The van der Waals surface area contributed by atoms with Gasteiger partial charge in [0.1, 0.15) is 11.6 Å². The number of hydrogen-bond acceptors (Lipinski definition) is 3. The number of piperidine rings is 1. The highest BCUT2D eigenvalue weighted by Gasteiger charge is 2.28. The van der Waals surface area contributed by atoms with Crippen LogP contribution in [-0.4, -0.2) is 43.0 Å². The fourth-order valence-electron chi connectivity index (χ4n) is 2.58. The normalized spacial score (nSPS) is 19.0. The molecule has 0 bridgehead atoms. The Morgan fingerprint density at radius 3 is 2.55 bits per heavy atom. The van der Waals surface area contributed by atoms with Gasteiger partial charge < -0.3 is 4.74 Å². The number of rotatable bonds is 4. The first-order valence-corrected chi connectivity index (χ1v) is 6.79. The summed E-state index contributed by atoms with van der Waals surface area (Å²) in [4.78, 5) is 14.3. The van der Waals surface area contributed by atoms with Crippen molar-refractivity contribution in [2.45, 2.75) is 31.9 Å². The van der Waals surface area contributed by atoms with E-state index in [1.54, 1.807) is 14.0 Å². The second-order valence-electron chi connectivity index (χ2n) is 5.14. The highest BCUT2D eigenvalue weighted by Crippen LogP contribution is 2.19. The van der Waals surface area contributed by atoms with Crippen molar-refractivity contribution in [2.24, 2.45) is 0 Å². The molecule has 1 aliphatic rings. The molecule has 2 rings (SSSR count). The van der Waals surface area contributed by atoms with Crippen molar-refractivity contribution in [1.82, 2.24) is 4.90 Å². The van der Waals surface area contributed by atoms with Crippen LogP contribution in [-0.2, 0) is 4.74 Å². The predicted molar refractivity (Wildman–Crippen MR) is 71.8 cm³/mol. The molecule has 1 aliphatic heterocycles. The molecule has 1 aromatic rings. The highest BCUT2D eigenvalue weighted by molar-refractivity contribution is 6.00. The van der Waals surface area contributed by atoms with Gasteiger partial charge in [0.05, 0.1) is 17.7 Å². The van der Waals surface area contributed by atoms with Gasteiger partial charge in [-0.15, -0.1) is 0 Å². The van der Waals surface area contributed by atoms with Crippen molar-refractivity contribution >= 4 is 5.78 Å². The van der Waals surface area contributed by atoms with Crippen molar-refractivity contribution < 1.29 is 18.3 Å². The summed E-state index contributed by atoms with van der Waals surface area (Å²) in [6.45, 7) is 3.25. The standard InChI is InChI=1S/C15H19F2NO2/c1-10(18-7-5-12(20-2)6-8-18)15(19)13-4-3-11(16)9-14(13)17/h3-4,9-10,12H,5-8H2,1-2H3. The van der Waals surface area contributed by atoms with Crippen LogP contribution in [0.4, 0.5) is 8.78 Å². The first-order valence-electron chi connectivity index (χ1n) is 6.79. The van der Waals surface area contributed by atoms with Gasteiger partial charge >= 0.3 is 0 Å². The van der Waals surface area contributed by atoms with Gasteiger partial charge in [0, 0.05) is 26.3 Å². The molecule has 0 aromatic heterocycles. The number of ether oxygens (including phenoxy) is 1. The maximum absolute atomic E-state index is 13.6. The fourth-order valence-corrected chi connectivity index (χ4v) is 2.58. The molecule has 0 N–H and O–H groups in total. The maximum Gasteiger partial charge on any atom is 0.182 e. The van der Waals surface area contributed by atoms with Gasteiger partial charge in [-0.1, -0.05) is 0 Å². The van der Waals surface area contributed by atoms with Crippen LogP contribution >= 0.6 is 0 Å². The molecule has 0 saturated carbocycles. The number of hydrogen-bond donors (Lipinski definition) is 0. The van der Waals surface area contributed by atoms with Crippen LogP contribution in [0.25, 0.3) is 0 Å². The average Bonchev–Trinajstić information content (AvgIpc) is 2.46. The van der Waals surface area contributed by atoms with E-state index in [2.05, 4.69) is 0 Å². The number of halogens is 2. The Kier molecular flexibility index (Phi) is 4.83. The van der Waals surface area contributed by atoms with Gasteiger partial charge in [-0.2, -0.15) is 0 Å². The van der Waals surface area contributed by atoms with Gasteiger partial charge in [0.25, 0.3) is 0 Å². The lowest BCUT2D eigenvalue weighted by molar-refractivity contribution is 0.0288. The molecule has 0 aliphatic carbocycles. The Balaban J connectivity index is 2.05. The Morgan fingerprint density at radius 2 is 2.00 bits per heavy atom. The third-order valence-corrected chi connectivity index (χ3v) is 3.93. The monoisotopic (exact) mass is 283 g/mol. The second-order valence-corrected chi connectivity index (χ2v) is 5.14. The fraction of sp³-hybridized carbons (Fsp3) is 0.533. The lowest BCUT2D eigenvalue weighted by atomic mass is 10.00. The van der Waals surface area contributed by atoms with Gasteiger partial charge in [0.15, 0.2) is 5.78 Å². The van der Waals surface area contributed by atoms with Crippen molar-refractivity contribution in [1.29, 1.82) is 0 Å². The summed E-state index contributed by atoms with van der Waals surface area (Å²) in [5.74, 6) is -1.78. The van der Waals surface area contributed by atoms with Crippen molar-refractivity contribution in [3.63, 3.8) is 0 Å². The summed E-state index contributed by atoms with van der Waals surface area (Å²) in [6.07, 6.45) is 1.95. The molecule has 0 radical (unpaired) electrons. The first-order chi connectivity index (χ1) is 9.52. The molecule has 1 saturated heterocycles. The smallest absolute Gasteiger partial charge is 0.182 e. The van der Waals surface area contributed by atoms with Crippen molar-refractivity contribution in [3.8, 4) is 0 Å². The zero-order chi connectivity index (χ0) is 14.7. The number of Topliss-reactive ketones (excluding diaryl/α,β-unsaturated/α-hetero) is 1. The number of carbonyl (C=O) groups excluding carboxylic acids is 1. The molecule has 1 unspecified atom stereocenters. The molecule has 1 fully saturated rings. The molecule has 0 amide bonds. The van der Waals surface area contributed by atoms with E-state index in [1.807, 2.05) is 4.90 Å². The summed E-state index contributed by atoms with van der Waals surface area (Å²) in [5, 5.41) is 0. The summed E-state index contributed by atoms with van der Waals surface area (Å²) < 4.78 is 31.8. The van der Waals surface area contributed by atoms with E-state index in [1.165, 1.54) is 6.07 Å². The first kappa shape index (κ1) is 15.1. The Morgan fingerprint density at radius 1 is 1.35 bits per heavy atom. The molecule has 1 heterocycles. The lowest BCUT2D eigenvalue weighted by Crippen LogP contribution is -2.45. The van der Waals surface area contributed by atoms with E-state index in [0.717, 1.165) is 38.1 Å². The minimum Gasteiger partial charge on any atom is -0.381 e. The van der Waals surface area contributed by atoms with Gasteiger partial charge in [-0.05, 0) is 31.9 Å². The lowest BCUT2D eigenvalue weighted by Gasteiger charge is -2.34. The van der Waals surface area contributed by atoms with Crippen molar-refractivity contribution in [3.05, 3.63) is 35.4 Å². The third kappa shape index (κ3) is 3.22. The molecule has 110 valence electrons. The zero-order valence-electron chi connectivity index (χ0n) is 11.7. The maximum atomic E-state index is 13.6. The summed E-state index contributed by atoms with van der Waals surface area (Å²) in [7, 11) is 1.68. The number of carbonyl (C=O) groups is 1. The molecule has 1 aromatic carbocycles. The quantitative estimate of drug-likeness (QED) is 0.796. The largest absolute Gasteiger partial charge is 0.381 e. The van der Waals surface area contributed by atoms with E-state index < -0.39 is 17.7 Å². The molecular weight excluding hydrogens is 264 g/mol. The number of likely N-dealkylation sites (tertiary alicyclic amines) is 1. The molecule has 0 spiro atoms. The number of ketones is 1. The average molecular weight is 283 g/mol. The van der Waals surface area contributed by atoms with Crippen LogP contribution in [0.2, 0.25) is 0 Å². The number of nitrogens with zero attached hydrogens (tertiary/aromatic N) is 1. The van der Waals surface area contributed by atoms with Crippen LogP contribution in [0.15, 0.2) is 18.2 Å². The van der Waals surface area contributed by atoms with E-state index >= 15 is 0 Å². The van der Waals surface area contributed by atoms with E-state index in [-0.39, 0.29) is 17.5 Å². The van der Waals surface area contributed by atoms with Crippen LogP contribution in [0.1, 0.15) is 30.1 Å². The number of benzene rings is 1. The number of methoxy groups -OCH3 is 1. The zero-order valence-corrected chi connectivity index (χ0v) is 11.7. The van der Waals surface area contributed by atoms with Crippen LogP contribution in [0, 0.1) is 11.6 Å². The highest BCUT2D eigenvalue weighted by atomic mass is 19.1.